The van der Waals surface area contributed by atoms with Gasteiger partial charge in [0, 0.05) is 22.8 Å². The number of nitrogens with two attached hydrogens (primary N) is 1. The lowest BCUT2D eigenvalue weighted by molar-refractivity contribution is -0.115. The van der Waals surface area contributed by atoms with Crippen LogP contribution in [0, 0.1) is 0 Å². The van der Waals surface area contributed by atoms with E-state index in [-0.39, 0.29) is 11.7 Å². The van der Waals surface area contributed by atoms with Crippen molar-refractivity contribution in [3.05, 3.63) is 60.2 Å². The van der Waals surface area contributed by atoms with Crippen LogP contribution in [0.3, 0.4) is 0 Å². The van der Waals surface area contributed by atoms with Gasteiger partial charge in [-0.15, -0.1) is 11.8 Å². The van der Waals surface area contributed by atoms with Gasteiger partial charge in [0.2, 0.25) is 15.9 Å². The number of hydrogen-bond acceptors (Lipinski definition) is 4. The van der Waals surface area contributed by atoms with E-state index in [1.54, 1.807) is 36.0 Å². The van der Waals surface area contributed by atoms with Crippen LogP contribution in [0.1, 0.15) is 12.0 Å². The molecule has 0 aliphatic carbocycles. The van der Waals surface area contributed by atoms with E-state index in [9.17, 15) is 13.2 Å². The van der Waals surface area contributed by atoms with Crippen molar-refractivity contribution in [3.8, 4) is 0 Å². The molecule has 0 heterocycles. The Bertz CT molecular complexity index is 745. The first-order valence-electron chi connectivity index (χ1n) is 6.99. The summed E-state index contributed by atoms with van der Waals surface area (Å²) in [4.78, 5) is 13.0. The molecule has 0 radical (unpaired) electrons. The number of sulfonamides is 1. The molecule has 2 aromatic carbocycles. The lowest BCUT2D eigenvalue weighted by atomic mass is 10.2. The van der Waals surface area contributed by atoms with Crippen LogP contribution in [0.5, 0.6) is 0 Å². The fourth-order valence-corrected chi connectivity index (χ4v) is 3.45. The Hall–Kier alpha value is -1.83. The van der Waals surface area contributed by atoms with Gasteiger partial charge in [0.1, 0.15) is 0 Å². The van der Waals surface area contributed by atoms with Crippen LogP contribution in [0.2, 0.25) is 0 Å². The third-order valence-electron chi connectivity index (χ3n) is 2.95. The van der Waals surface area contributed by atoms with Gasteiger partial charge in [0.05, 0.1) is 5.75 Å². The maximum Gasteiger partial charge on any atom is 0.225 e. The second kappa shape index (κ2) is 8.14. The second-order valence-electron chi connectivity index (χ2n) is 4.96. The molecule has 3 N–H and O–H groups in total. The Kier molecular flexibility index (Phi) is 6.20. The zero-order valence-corrected chi connectivity index (χ0v) is 14.1. The minimum Gasteiger partial charge on any atom is -0.326 e. The summed E-state index contributed by atoms with van der Waals surface area (Å²) in [6, 6.07) is 16.5. The molecule has 0 saturated carbocycles. The summed E-state index contributed by atoms with van der Waals surface area (Å²) in [7, 11) is -3.54. The lowest BCUT2D eigenvalue weighted by Crippen LogP contribution is -2.15. The predicted octanol–water partition coefficient (Wildman–Crippen LogP) is 2.60. The van der Waals surface area contributed by atoms with E-state index in [2.05, 4.69) is 5.32 Å². The number of hydrogen-bond donors (Lipinski definition) is 2. The maximum absolute atomic E-state index is 11.9. The summed E-state index contributed by atoms with van der Waals surface area (Å²) in [6.07, 6.45) is 0.401. The average molecular weight is 350 g/mol. The Morgan fingerprint density at radius 1 is 1.04 bits per heavy atom. The van der Waals surface area contributed by atoms with Crippen LogP contribution in [0.4, 0.5) is 5.69 Å². The van der Waals surface area contributed by atoms with Gasteiger partial charge in [-0.25, -0.2) is 13.6 Å². The lowest BCUT2D eigenvalue weighted by Gasteiger charge is -2.06. The molecular weight excluding hydrogens is 332 g/mol. The predicted molar refractivity (Wildman–Crippen MR) is 93.7 cm³/mol. The number of carbonyl (C=O) groups excluding carboxylic acids is 1. The molecule has 0 aliphatic heterocycles. The van der Waals surface area contributed by atoms with Gasteiger partial charge in [0.25, 0.3) is 0 Å². The number of nitrogens with one attached hydrogen (secondary N) is 1. The van der Waals surface area contributed by atoms with Crippen molar-refractivity contribution < 1.29 is 13.2 Å². The molecule has 0 bridgehead atoms. The first-order valence-corrected chi connectivity index (χ1v) is 9.69. The van der Waals surface area contributed by atoms with Gasteiger partial charge in [-0.1, -0.05) is 30.3 Å². The molecule has 1 amide bonds. The van der Waals surface area contributed by atoms with E-state index in [1.165, 1.54) is 0 Å². The van der Waals surface area contributed by atoms with Gasteiger partial charge in [-0.3, -0.25) is 4.79 Å². The SMILES string of the molecule is NS(=O)(=O)Cc1ccc(NC(=O)CCSc2ccccc2)cc1. The van der Waals surface area contributed by atoms with Crippen LogP contribution in [0.25, 0.3) is 0 Å². The van der Waals surface area contributed by atoms with E-state index < -0.39 is 10.0 Å². The molecule has 0 spiro atoms. The summed E-state index contributed by atoms with van der Waals surface area (Å²) < 4.78 is 22.0. The largest absolute Gasteiger partial charge is 0.326 e. The van der Waals surface area contributed by atoms with E-state index >= 15 is 0 Å². The Morgan fingerprint density at radius 3 is 2.30 bits per heavy atom. The van der Waals surface area contributed by atoms with Gasteiger partial charge >= 0.3 is 0 Å². The smallest absolute Gasteiger partial charge is 0.225 e. The minimum absolute atomic E-state index is 0.0763. The van der Waals surface area contributed by atoms with E-state index in [0.717, 1.165) is 4.90 Å². The van der Waals surface area contributed by atoms with Crippen LogP contribution >= 0.6 is 11.8 Å². The van der Waals surface area contributed by atoms with Crippen molar-refractivity contribution in [1.82, 2.24) is 0 Å². The summed E-state index contributed by atoms with van der Waals surface area (Å²) in [5.41, 5.74) is 1.23. The summed E-state index contributed by atoms with van der Waals surface area (Å²) in [5, 5.41) is 7.77. The molecule has 0 aliphatic rings. The summed E-state index contributed by atoms with van der Waals surface area (Å²) >= 11 is 1.63. The van der Waals surface area contributed by atoms with Crippen LogP contribution in [-0.4, -0.2) is 20.1 Å². The van der Waals surface area contributed by atoms with E-state index in [1.807, 2.05) is 30.3 Å². The Labute approximate surface area is 140 Å². The zero-order valence-electron chi connectivity index (χ0n) is 12.4. The average Bonchev–Trinajstić information content (AvgIpc) is 2.49. The number of thioether (sulfide) groups is 1. The first-order chi connectivity index (χ1) is 10.9. The molecule has 5 nitrogen and oxygen atoms in total. The molecule has 0 saturated heterocycles. The zero-order chi connectivity index (χ0) is 16.7. The van der Waals surface area contributed by atoms with Crippen molar-refractivity contribution in [2.45, 2.75) is 17.1 Å². The molecule has 23 heavy (non-hydrogen) atoms. The number of primary sulfonamides is 1. The van der Waals surface area contributed by atoms with Crippen molar-refractivity contribution in [2.75, 3.05) is 11.1 Å². The van der Waals surface area contributed by atoms with Crippen LogP contribution < -0.4 is 10.5 Å². The molecule has 2 rings (SSSR count). The second-order valence-corrected chi connectivity index (χ2v) is 7.75. The van der Waals surface area contributed by atoms with Gasteiger partial charge in [0.15, 0.2) is 0 Å². The Balaban J connectivity index is 1.79. The van der Waals surface area contributed by atoms with E-state index in [0.29, 0.717) is 23.4 Å². The maximum atomic E-state index is 11.9. The van der Waals surface area contributed by atoms with Crippen LogP contribution in [-0.2, 0) is 20.6 Å². The topological polar surface area (TPSA) is 89.3 Å². The number of carbonyl (C=O) groups is 1. The quantitative estimate of drug-likeness (QED) is 0.751. The third-order valence-corrected chi connectivity index (χ3v) is 4.70. The molecular formula is C16H18N2O3S2. The van der Waals surface area contributed by atoms with Gasteiger partial charge < -0.3 is 5.32 Å². The Morgan fingerprint density at radius 2 is 1.70 bits per heavy atom. The van der Waals surface area contributed by atoms with Crippen LogP contribution in [0.15, 0.2) is 59.5 Å². The normalized spacial score (nSPS) is 11.2. The summed E-state index contributed by atoms with van der Waals surface area (Å²) in [5.74, 6) is 0.404. The number of rotatable bonds is 7. The molecule has 0 aromatic heterocycles. The monoisotopic (exact) mass is 350 g/mol. The molecule has 0 unspecified atom stereocenters. The van der Waals surface area contributed by atoms with Gasteiger partial charge in [-0.05, 0) is 29.8 Å². The van der Waals surface area contributed by atoms with Crippen molar-refractivity contribution in [1.29, 1.82) is 0 Å². The molecule has 122 valence electrons. The fraction of sp³-hybridized carbons (Fsp3) is 0.188. The van der Waals surface area contributed by atoms with Crippen molar-refractivity contribution in [3.63, 3.8) is 0 Å². The fourth-order valence-electron chi connectivity index (χ4n) is 1.92. The highest BCUT2D eigenvalue weighted by Gasteiger charge is 2.06. The molecule has 2 aromatic rings. The molecule has 0 fully saturated rings. The minimum atomic E-state index is -3.54. The first kappa shape index (κ1) is 17.5. The molecule has 7 heteroatoms. The van der Waals surface area contributed by atoms with E-state index in [4.69, 9.17) is 5.14 Å². The highest BCUT2D eigenvalue weighted by Crippen LogP contribution is 2.18. The number of anilines is 1. The van der Waals surface area contributed by atoms with Crippen molar-refractivity contribution in [2.24, 2.45) is 5.14 Å². The third kappa shape index (κ3) is 6.85. The molecule has 0 atom stereocenters. The standard InChI is InChI=1S/C16H18N2O3S2/c17-23(20,21)12-13-6-8-14(9-7-13)18-16(19)10-11-22-15-4-2-1-3-5-15/h1-9H,10-12H2,(H,18,19)(H2,17,20,21). The number of amides is 1. The summed E-state index contributed by atoms with van der Waals surface area (Å²) in [6.45, 7) is 0. The van der Waals surface area contributed by atoms with Gasteiger partial charge in [-0.2, -0.15) is 0 Å². The highest BCUT2D eigenvalue weighted by molar-refractivity contribution is 7.99. The number of benzene rings is 2. The highest BCUT2D eigenvalue weighted by atomic mass is 32.2. The van der Waals surface area contributed by atoms with Crippen molar-refractivity contribution >= 4 is 33.4 Å².